The van der Waals surface area contributed by atoms with Crippen LogP contribution >= 0.6 is 0 Å². The molecule has 0 aromatic carbocycles. The maximum Gasteiger partial charge on any atom is -0.0200 e. The van der Waals surface area contributed by atoms with Gasteiger partial charge in [-0.05, 0) is 36.5 Å². The van der Waals surface area contributed by atoms with Crippen molar-refractivity contribution in [3.63, 3.8) is 0 Å². The lowest BCUT2D eigenvalue weighted by Crippen LogP contribution is -2.34. The van der Waals surface area contributed by atoms with Crippen molar-refractivity contribution in [3.8, 4) is 0 Å². The van der Waals surface area contributed by atoms with Gasteiger partial charge in [0.2, 0.25) is 0 Å². The van der Waals surface area contributed by atoms with E-state index in [1.807, 2.05) is 0 Å². The SMILES string of the molecule is CC1(C)CC=CC2CCCCC21. The Morgan fingerprint density at radius 1 is 1.17 bits per heavy atom. The van der Waals surface area contributed by atoms with E-state index >= 15 is 0 Å². The summed E-state index contributed by atoms with van der Waals surface area (Å²) in [6.07, 6.45) is 12.0. The summed E-state index contributed by atoms with van der Waals surface area (Å²) in [5, 5.41) is 0. The second-order valence-electron chi connectivity index (χ2n) is 5.18. The quantitative estimate of drug-likeness (QED) is 0.478. The molecule has 2 unspecified atom stereocenters. The van der Waals surface area contributed by atoms with Gasteiger partial charge in [-0.25, -0.2) is 0 Å². The molecule has 1 fully saturated rings. The summed E-state index contributed by atoms with van der Waals surface area (Å²) in [7, 11) is 0. The van der Waals surface area contributed by atoms with E-state index in [-0.39, 0.29) is 0 Å². The van der Waals surface area contributed by atoms with Gasteiger partial charge in [-0.1, -0.05) is 38.8 Å². The van der Waals surface area contributed by atoms with Crippen molar-refractivity contribution >= 4 is 0 Å². The molecule has 1 saturated carbocycles. The Kier molecular flexibility index (Phi) is 2.02. The second kappa shape index (κ2) is 2.90. The predicted octanol–water partition coefficient (Wildman–Crippen LogP) is 3.78. The maximum atomic E-state index is 2.48. The molecular formula is C12H20. The fourth-order valence-corrected chi connectivity index (χ4v) is 3.06. The fraction of sp³-hybridized carbons (Fsp3) is 0.833. The van der Waals surface area contributed by atoms with Crippen LogP contribution < -0.4 is 0 Å². The first kappa shape index (κ1) is 8.34. The summed E-state index contributed by atoms with van der Waals surface area (Å²) in [6, 6.07) is 0. The van der Waals surface area contributed by atoms with Crippen molar-refractivity contribution in [1.82, 2.24) is 0 Å². The molecule has 0 aromatic rings. The largest absolute Gasteiger partial charge is 0.0877 e. The Labute approximate surface area is 76.1 Å². The first-order valence-electron chi connectivity index (χ1n) is 5.37. The average Bonchev–Trinajstić information content (AvgIpc) is 2.04. The average molecular weight is 164 g/mol. The molecule has 0 bridgehead atoms. The standard InChI is InChI=1S/C12H20/c1-12(2)9-5-7-10-6-3-4-8-11(10)12/h5,7,10-11H,3-4,6,8-9H2,1-2H3. The van der Waals surface area contributed by atoms with Gasteiger partial charge in [0.05, 0.1) is 0 Å². The molecule has 0 N–H and O–H groups in total. The zero-order valence-electron chi connectivity index (χ0n) is 8.34. The van der Waals surface area contributed by atoms with E-state index in [9.17, 15) is 0 Å². The van der Waals surface area contributed by atoms with Crippen molar-refractivity contribution in [1.29, 1.82) is 0 Å². The summed E-state index contributed by atoms with van der Waals surface area (Å²) in [5.41, 5.74) is 0.583. The van der Waals surface area contributed by atoms with Crippen LogP contribution in [0.15, 0.2) is 12.2 Å². The summed E-state index contributed by atoms with van der Waals surface area (Å²) >= 11 is 0. The molecule has 2 atom stereocenters. The fourth-order valence-electron chi connectivity index (χ4n) is 3.06. The molecule has 0 radical (unpaired) electrons. The summed E-state index contributed by atoms with van der Waals surface area (Å²) in [4.78, 5) is 0. The highest BCUT2D eigenvalue weighted by Gasteiger charge is 2.37. The number of allylic oxidation sites excluding steroid dienone is 2. The second-order valence-corrected chi connectivity index (χ2v) is 5.18. The first-order valence-corrected chi connectivity index (χ1v) is 5.37. The van der Waals surface area contributed by atoms with Crippen LogP contribution in [0, 0.1) is 17.3 Å². The van der Waals surface area contributed by atoms with E-state index < -0.39 is 0 Å². The molecule has 0 nitrogen and oxygen atoms in total. The van der Waals surface area contributed by atoms with Gasteiger partial charge in [0.1, 0.15) is 0 Å². The molecule has 0 saturated heterocycles. The van der Waals surface area contributed by atoms with Crippen LogP contribution in [0.25, 0.3) is 0 Å². The van der Waals surface area contributed by atoms with Gasteiger partial charge >= 0.3 is 0 Å². The summed E-state index contributed by atoms with van der Waals surface area (Å²) in [6.45, 7) is 4.89. The van der Waals surface area contributed by atoms with Crippen LogP contribution in [0.5, 0.6) is 0 Å². The molecule has 2 aliphatic rings. The predicted molar refractivity (Wildman–Crippen MR) is 53.0 cm³/mol. The van der Waals surface area contributed by atoms with Crippen molar-refractivity contribution < 1.29 is 0 Å². The minimum atomic E-state index is 0.583. The molecule has 0 heteroatoms. The van der Waals surface area contributed by atoms with E-state index in [0.29, 0.717) is 5.41 Å². The molecule has 68 valence electrons. The molecule has 12 heavy (non-hydrogen) atoms. The minimum absolute atomic E-state index is 0.583. The van der Waals surface area contributed by atoms with Crippen LogP contribution in [-0.4, -0.2) is 0 Å². The van der Waals surface area contributed by atoms with Crippen LogP contribution in [-0.2, 0) is 0 Å². The normalized spacial score (nSPS) is 39.2. The third-order valence-electron chi connectivity index (χ3n) is 3.85. The molecule has 0 aliphatic heterocycles. The molecular weight excluding hydrogens is 144 g/mol. The monoisotopic (exact) mass is 164 g/mol. The van der Waals surface area contributed by atoms with Gasteiger partial charge in [-0.2, -0.15) is 0 Å². The number of rotatable bonds is 0. The highest BCUT2D eigenvalue weighted by molar-refractivity contribution is 5.05. The van der Waals surface area contributed by atoms with E-state index in [1.54, 1.807) is 0 Å². The van der Waals surface area contributed by atoms with Crippen LogP contribution in [0.3, 0.4) is 0 Å². The lowest BCUT2D eigenvalue weighted by atomic mass is 9.61. The molecule has 2 rings (SSSR count). The van der Waals surface area contributed by atoms with Crippen molar-refractivity contribution in [2.75, 3.05) is 0 Å². The Balaban J connectivity index is 2.18. The van der Waals surface area contributed by atoms with Crippen molar-refractivity contribution in [2.45, 2.75) is 46.0 Å². The highest BCUT2D eigenvalue weighted by Crippen LogP contribution is 2.47. The first-order chi connectivity index (χ1) is 5.70. The van der Waals surface area contributed by atoms with Gasteiger partial charge < -0.3 is 0 Å². The lowest BCUT2D eigenvalue weighted by molar-refractivity contribution is 0.109. The Morgan fingerprint density at radius 2 is 1.92 bits per heavy atom. The number of hydrogen-bond donors (Lipinski definition) is 0. The van der Waals surface area contributed by atoms with E-state index in [0.717, 1.165) is 11.8 Å². The van der Waals surface area contributed by atoms with Gasteiger partial charge in [0.25, 0.3) is 0 Å². The zero-order chi connectivity index (χ0) is 8.60. The molecule has 0 amide bonds. The molecule has 0 heterocycles. The Hall–Kier alpha value is -0.260. The highest BCUT2D eigenvalue weighted by atomic mass is 14.4. The topological polar surface area (TPSA) is 0 Å². The van der Waals surface area contributed by atoms with E-state index in [2.05, 4.69) is 26.0 Å². The maximum absolute atomic E-state index is 2.48. The smallest absolute Gasteiger partial charge is 0.0200 e. The third-order valence-corrected chi connectivity index (χ3v) is 3.85. The lowest BCUT2D eigenvalue weighted by Gasteiger charge is -2.44. The number of fused-ring (bicyclic) bond motifs is 1. The van der Waals surface area contributed by atoms with E-state index in [1.165, 1.54) is 32.1 Å². The van der Waals surface area contributed by atoms with Gasteiger partial charge in [0.15, 0.2) is 0 Å². The third kappa shape index (κ3) is 1.32. The van der Waals surface area contributed by atoms with Gasteiger partial charge in [-0.15, -0.1) is 0 Å². The minimum Gasteiger partial charge on any atom is -0.0877 e. The van der Waals surface area contributed by atoms with Crippen LogP contribution in [0.4, 0.5) is 0 Å². The molecule has 0 aromatic heterocycles. The van der Waals surface area contributed by atoms with Gasteiger partial charge in [-0.3, -0.25) is 0 Å². The Bertz CT molecular complexity index is 188. The summed E-state index contributed by atoms with van der Waals surface area (Å²) < 4.78 is 0. The van der Waals surface area contributed by atoms with Crippen molar-refractivity contribution in [3.05, 3.63) is 12.2 Å². The van der Waals surface area contributed by atoms with E-state index in [4.69, 9.17) is 0 Å². The molecule has 2 aliphatic carbocycles. The van der Waals surface area contributed by atoms with Crippen LogP contribution in [0.2, 0.25) is 0 Å². The zero-order valence-corrected chi connectivity index (χ0v) is 8.34. The number of hydrogen-bond acceptors (Lipinski definition) is 0. The summed E-state index contributed by atoms with van der Waals surface area (Å²) in [5.74, 6) is 1.90. The van der Waals surface area contributed by atoms with Gasteiger partial charge in [0, 0.05) is 0 Å². The van der Waals surface area contributed by atoms with Crippen molar-refractivity contribution in [2.24, 2.45) is 17.3 Å². The molecule has 0 spiro atoms. The van der Waals surface area contributed by atoms with Crippen LogP contribution in [0.1, 0.15) is 46.0 Å². The Morgan fingerprint density at radius 3 is 2.67 bits per heavy atom.